The summed E-state index contributed by atoms with van der Waals surface area (Å²) < 4.78 is 5.13. The van der Waals surface area contributed by atoms with Gasteiger partial charge in [0.15, 0.2) is 0 Å². The van der Waals surface area contributed by atoms with E-state index in [4.69, 9.17) is 4.74 Å². The minimum atomic E-state index is -0.348. The second-order valence-electron chi connectivity index (χ2n) is 5.19. The van der Waals surface area contributed by atoms with Gasteiger partial charge in [0, 0.05) is 11.3 Å². The molecule has 6 heteroatoms. The van der Waals surface area contributed by atoms with Crippen LogP contribution in [-0.2, 0) is 16.0 Å². The summed E-state index contributed by atoms with van der Waals surface area (Å²) in [5.74, 6) is 0.0259. The fourth-order valence-corrected chi connectivity index (χ4v) is 3.59. The monoisotopic (exact) mass is 310 g/mol. The van der Waals surface area contributed by atoms with Gasteiger partial charge in [0.2, 0.25) is 5.91 Å². The summed E-state index contributed by atoms with van der Waals surface area (Å²) in [6.45, 7) is 7.87. The first-order valence-corrected chi connectivity index (χ1v) is 8.18. The van der Waals surface area contributed by atoms with Gasteiger partial charge in [-0.3, -0.25) is 4.79 Å². The van der Waals surface area contributed by atoms with E-state index in [0.717, 1.165) is 30.0 Å². The van der Waals surface area contributed by atoms with Crippen molar-refractivity contribution in [2.45, 2.75) is 33.6 Å². The molecule has 0 bridgehead atoms. The number of ether oxygens (including phenoxy) is 1. The number of amides is 1. The molecule has 1 fully saturated rings. The SMILES string of the molecule is CCOC(=O)c1c(NC(=O)CC2CNC2)sc(C)c1CC. The van der Waals surface area contributed by atoms with Gasteiger partial charge >= 0.3 is 5.97 Å². The first-order chi connectivity index (χ1) is 10.1. The van der Waals surface area contributed by atoms with Crippen LogP contribution in [0.1, 0.15) is 41.1 Å². The molecule has 1 saturated heterocycles. The highest BCUT2D eigenvalue weighted by atomic mass is 32.1. The maximum Gasteiger partial charge on any atom is 0.341 e. The molecular formula is C15H22N2O3S. The van der Waals surface area contributed by atoms with Crippen molar-refractivity contribution < 1.29 is 14.3 Å². The van der Waals surface area contributed by atoms with E-state index in [9.17, 15) is 9.59 Å². The zero-order valence-electron chi connectivity index (χ0n) is 12.7. The van der Waals surface area contributed by atoms with Crippen LogP contribution in [-0.4, -0.2) is 31.6 Å². The second kappa shape index (κ2) is 7.04. The maximum absolute atomic E-state index is 12.2. The van der Waals surface area contributed by atoms with Crippen molar-refractivity contribution in [1.82, 2.24) is 5.32 Å². The normalized spacial score (nSPS) is 14.6. The maximum atomic E-state index is 12.2. The average Bonchev–Trinajstić information content (AvgIpc) is 2.70. The molecule has 1 aromatic heterocycles. The molecule has 0 aromatic carbocycles. The highest BCUT2D eigenvalue weighted by Crippen LogP contribution is 2.34. The number of rotatable bonds is 6. The summed E-state index contributed by atoms with van der Waals surface area (Å²) in [6, 6.07) is 0. The molecule has 0 atom stereocenters. The number of carbonyl (C=O) groups excluding carboxylic acids is 2. The van der Waals surface area contributed by atoms with Crippen LogP contribution in [0.4, 0.5) is 5.00 Å². The van der Waals surface area contributed by atoms with Gasteiger partial charge in [-0.1, -0.05) is 6.92 Å². The standard InChI is InChI=1S/C15H22N2O3S/c1-4-11-9(3)21-14(13(11)15(19)20-5-2)17-12(18)6-10-7-16-8-10/h10,16H,4-8H2,1-3H3,(H,17,18). The zero-order chi connectivity index (χ0) is 15.4. The molecule has 0 saturated carbocycles. The minimum absolute atomic E-state index is 0.0315. The van der Waals surface area contributed by atoms with E-state index in [0.29, 0.717) is 29.5 Å². The third-order valence-corrected chi connectivity index (χ3v) is 4.70. The molecule has 116 valence electrons. The van der Waals surface area contributed by atoms with Crippen molar-refractivity contribution in [3.8, 4) is 0 Å². The Labute approximate surface area is 129 Å². The number of esters is 1. The molecule has 1 amide bonds. The number of anilines is 1. The van der Waals surface area contributed by atoms with Crippen LogP contribution in [0.2, 0.25) is 0 Å². The molecule has 1 aliphatic rings. The van der Waals surface area contributed by atoms with E-state index >= 15 is 0 Å². The van der Waals surface area contributed by atoms with Crippen molar-refractivity contribution in [1.29, 1.82) is 0 Å². The number of hydrogen-bond acceptors (Lipinski definition) is 5. The van der Waals surface area contributed by atoms with Crippen LogP contribution in [0.3, 0.4) is 0 Å². The van der Waals surface area contributed by atoms with Crippen molar-refractivity contribution in [3.63, 3.8) is 0 Å². The van der Waals surface area contributed by atoms with Crippen LogP contribution >= 0.6 is 11.3 Å². The molecular weight excluding hydrogens is 288 g/mol. The lowest BCUT2D eigenvalue weighted by molar-refractivity contribution is -0.117. The number of carbonyl (C=O) groups is 2. The smallest absolute Gasteiger partial charge is 0.341 e. The molecule has 5 nitrogen and oxygen atoms in total. The molecule has 0 radical (unpaired) electrons. The van der Waals surface area contributed by atoms with Crippen LogP contribution in [0.15, 0.2) is 0 Å². The Morgan fingerprint density at radius 3 is 2.62 bits per heavy atom. The summed E-state index contributed by atoms with van der Waals surface area (Å²) in [4.78, 5) is 25.3. The van der Waals surface area contributed by atoms with Crippen LogP contribution in [0, 0.1) is 12.8 Å². The summed E-state index contributed by atoms with van der Waals surface area (Å²) in [7, 11) is 0. The second-order valence-corrected chi connectivity index (χ2v) is 6.42. The summed E-state index contributed by atoms with van der Waals surface area (Å²) in [5.41, 5.74) is 1.50. The topological polar surface area (TPSA) is 67.4 Å². The van der Waals surface area contributed by atoms with Crippen LogP contribution in [0.5, 0.6) is 0 Å². The highest BCUT2D eigenvalue weighted by molar-refractivity contribution is 7.16. The van der Waals surface area contributed by atoms with Gasteiger partial charge < -0.3 is 15.4 Å². The molecule has 1 aromatic rings. The van der Waals surface area contributed by atoms with Gasteiger partial charge in [0.25, 0.3) is 0 Å². The molecule has 0 spiro atoms. The Bertz CT molecular complexity index is 535. The molecule has 21 heavy (non-hydrogen) atoms. The molecule has 2 rings (SSSR count). The van der Waals surface area contributed by atoms with E-state index in [2.05, 4.69) is 10.6 Å². The van der Waals surface area contributed by atoms with Gasteiger partial charge in [0.1, 0.15) is 5.00 Å². The fourth-order valence-electron chi connectivity index (χ4n) is 2.44. The van der Waals surface area contributed by atoms with Crippen LogP contribution in [0.25, 0.3) is 0 Å². The Morgan fingerprint density at radius 1 is 1.38 bits per heavy atom. The number of aryl methyl sites for hydroxylation is 1. The van der Waals surface area contributed by atoms with Crippen molar-refractivity contribution >= 4 is 28.2 Å². The van der Waals surface area contributed by atoms with E-state index in [-0.39, 0.29) is 11.9 Å². The quantitative estimate of drug-likeness (QED) is 0.792. The largest absolute Gasteiger partial charge is 0.462 e. The Balaban J connectivity index is 2.16. The van der Waals surface area contributed by atoms with Crippen molar-refractivity contribution in [2.75, 3.05) is 25.0 Å². The average molecular weight is 310 g/mol. The molecule has 2 N–H and O–H groups in total. The minimum Gasteiger partial charge on any atom is -0.462 e. The molecule has 1 aliphatic heterocycles. The highest BCUT2D eigenvalue weighted by Gasteiger charge is 2.25. The third kappa shape index (κ3) is 3.63. The van der Waals surface area contributed by atoms with Gasteiger partial charge in [-0.05, 0) is 44.8 Å². The fraction of sp³-hybridized carbons (Fsp3) is 0.600. The number of thiophene rings is 1. The summed E-state index contributed by atoms with van der Waals surface area (Å²) in [6.07, 6.45) is 1.24. The zero-order valence-corrected chi connectivity index (χ0v) is 13.6. The Morgan fingerprint density at radius 2 is 2.10 bits per heavy atom. The summed E-state index contributed by atoms with van der Waals surface area (Å²) >= 11 is 1.45. The lowest BCUT2D eigenvalue weighted by Crippen LogP contribution is -2.43. The predicted molar refractivity (Wildman–Crippen MR) is 84.0 cm³/mol. The van der Waals surface area contributed by atoms with E-state index in [1.165, 1.54) is 11.3 Å². The first-order valence-electron chi connectivity index (χ1n) is 7.36. The lowest BCUT2D eigenvalue weighted by atomic mass is 9.99. The van der Waals surface area contributed by atoms with Gasteiger partial charge in [-0.2, -0.15) is 0 Å². The van der Waals surface area contributed by atoms with E-state index in [1.807, 2.05) is 13.8 Å². The van der Waals surface area contributed by atoms with Gasteiger partial charge in [-0.15, -0.1) is 11.3 Å². The number of hydrogen-bond donors (Lipinski definition) is 2. The third-order valence-electron chi connectivity index (χ3n) is 3.64. The van der Waals surface area contributed by atoms with E-state index < -0.39 is 0 Å². The summed E-state index contributed by atoms with van der Waals surface area (Å²) in [5, 5.41) is 6.67. The molecule has 0 unspecified atom stereocenters. The predicted octanol–water partition coefficient (Wildman–Crippen LogP) is 2.34. The molecule has 2 heterocycles. The molecule has 0 aliphatic carbocycles. The first kappa shape index (κ1) is 16.0. The van der Waals surface area contributed by atoms with Gasteiger partial charge in [0.05, 0.1) is 12.2 Å². The van der Waals surface area contributed by atoms with Crippen molar-refractivity contribution in [3.05, 3.63) is 16.0 Å². The number of nitrogens with one attached hydrogen (secondary N) is 2. The van der Waals surface area contributed by atoms with Crippen molar-refractivity contribution in [2.24, 2.45) is 5.92 Å². The van der Waals surface area contributed by atoms with E-state index in [1.54, 1.807) is 6.92 Å². The Kier molecular flexibility index (Phi) is 5.36. The van der Waals surface area contributed by atoms with Crippen LogP contribution < -0.4 is 10.6 Å². The lowest BCUT2D eigenvalue weighted by Gasteiger charge is -2.26. The van der Waals surface area contributed by atoms with Gasteiger partial charge in [-0.25, -0.2) is 4.79 Å². The Hall–Kier alpha value is -1.40.